The van der Waals surface area contributed by atoms with Gasteiger partial charge in [-0.25, -0.2) is 9.18 Å². The maximum absolute atomic E-state index is 13.0. The maximum Gasteiger partial charge on any atom is 0.319 e. The lowest BCUT2D eigenvalue weighted by atomic mass is 10.1. The number of hydrogen-bond acceptors (Lipinski definition) is 6. The van der Waals surface area contributed by atoms with Crippen molar-refractivity contribution in [3.8, 4) is 5.75 Å². The van der Waals surface area contributed by atoms with E-state index in [2.05, 4.69) is 28.1 Å². The Morgan fingerprint density at radius 1 is 0.881 bits per heavy atom. The summed E-state index contributed by atoms with van der Waals surface area (Å²) >= 11 is 0. The van der Waals surface area contributed by atoms with Crippen molar-refractivity contribution in [2.24, 2.45) is 0 Å². The van der Waals surface area contributed by atoms with Crippen molar-refractivity contribution in [1.29, 1.82) is 0 Å². The molecule has 2 amide bonds. The van der Waals surface area contributed by atoms with E-state index in [9.17, 15) is 24.5 Å². The Morgan fingerprint density at radius 3 is 2.40 bits per heavy atom. The van der Waals surface area contributed by atoms with Crippen LogP contribution in [0.2, 0.25) is 0 Å². The molecule has 0 aliphatic heterocycles. The van der Waals surface area contributed by atoms with Crippen LogP contribution in [0.15, 0.2) is 66.7 Å². The van der Waals surface area contributed by atoms with Crippen LogP contribution in [0.5, 0.6) is 5.75 Å². The molecular weight excluding hydrogens is 537 g/mol. The number of hydrogen-bond donors (Lipinski definition) is 6. The van der Waals surface area contributed by atoms with E-state index < -0.39 is 6.10 Å². The molecule has 0 unspecified atom stereocenters. The van der Waals surface area contributed by atoms with Crippen LogP contribution < -0.4 is 16.0 Å². The molecule has 0 fully saturated rings. The molecule has 228 valence electrons. The van der Waals surface area contributed by atoms with Crippen LogP contribution in [0, 0.1) is 5.82 Å². The van der Waals surface area contributed by atoms with Gasteiger partial charge in [-0.05, 0) is 91.7 Å². The van der Waals surface area contributed by atoms with E-state index in [1.807, 2.05) is 12.1 Å². The summed E-state index contributed by atoms with van der Waals surface area (Å²) in [4.78, 5) is 12.1. The summed E-state index contributed by atoms with van der Waals surface area (Å²) in [6.45, 7) is 2.91. The number of aromatic hydroxyl groups is 1. The lowest BCUT2D eigenvalue weighted by molar-refractivity contribution is 0.126. The van der Waals surface area contributed by atoms with Gasteiger partial charge in [0.2, 0.25) is 0 Å². The first-order chi connectivity index (χ1) is 20.4. The fourth-order valence-electron chi connectivity index (χ4n) is 4.52. The predicted molar refractivity (Wildman–Crippen MR) is 163 cm³/mol. The average molecular weight is 582 g/mol. The van der Waals surface area contributed by atoms with Crippen LogP contribution >= 0.6 is 0 Å². The number of aliphatic hydroxyl groups is 2. The number of aliphatic hydroxyl groups excluding tert-OH is 2. The van der Waals surface area contributed by atoms with Crippen molar-refractivity contribution < 1.29 is 29.2 Å². The average Bonchev–Trinajstić information content (AvgIpc) is 3.00. The maximum atomic E-state index is 13.0. The molecule has 6 N–H and O–H groups in total. The third-order valence-electron chi connectivity index (χ3n) is 6.94. The van der Waals surface area contributed by atoms with Crippen LogP contribution in [0.25, 0.3) is 0 Å². The minimum Gasteiger partial charge on any atom is -0.508 e. The fraction of sp³-hybridized carbons (Fsp3) is 0.424. The van der Waals surface area contributed by atoms with Gasteiger partial charge >= 0.3 is 6.03 Å². The van der Waals surface area contributed by atoms with Crippen molar-refractivity contribution in [3.63, 3.8) is 0 Å². The molecule has 3 aromatic carbocycles. The molecule has 0 aliphatic rings. The second kappa shape index (κ2) is 18.8. The molecule has 1 atom stereocenters. The molecule has 0 heterocycles. The van der Waals surface area contributed by atoms with Crippen molar-refractivity contribution in [3.05, 3.63) is 94.8 Å². The number of urea groups is 1. The number of phenols is 1. The molecule has 3 aromatic rings. The number of aryl methyl sites for hydroxylation is 1. The number of amides is 2. The second-order valence-electron chi connectivity index (χ2n) is 10.4. The highest BCUT2D eigenvalue weighted by Gasteiger charge is 2.10. The zero-order valence-electron chi connectivity index (χ0n) is 24.2. The summed E-state index contributed by atoms with van der Waals surface area (Å²) in [5, 5.41) is 38.0. The Balaban J connectivity index is 1.15. The summed E-state index contributed by atoms with van der Waals surface area (Å²) in [6.07, 6.45) is 6.56. The second-order valence-corrected chi connectivity index (χ2v) is 10.4. The monoisotopic (exact) mass is 581 g/mol. The van der Waals surface area contributed by atoms with E-state index in [0.717, 1.165) is 70.3 Å². The Bertz CT molecular complexity index is 1210. The summed E-state index contributed by atoms with van der Waals surface area (Å²) in [5.74, 6) is -0.310. The normalized spacial score (nSPS) is 11.8. The van der Waals surface area contributed by atoms with E-state index in [0.29, 0.717) is 29.9 Å². The highest BCUT2D eigenvalue weighted by Crippen LogP contribution is 2.22. The van der Waals surface area contributed by atoms with Crippen LogP contribution in [0.1, 0.15) is 66.9 Å². The van der Waals surface area contributed by atoms with Gasteiger partial charge in [-0.3, -0.25) is 0 Å². The number of anilines is 1. The van der Waals surface area contributed by atoms with Crippen LogP contribution in [-0.2, 0) is 24.3 Å². The van der Waals surface area contributed by atoms with Gasteiger partial charge in [0.05, 0.1) is 12.7 Å². The first-order valence-corrected chi connectivity index (χ1v) is 14.7. The molecule has 0 saturated heterocycles. The highest BCUT2D eigenvalue weighted by atomic mass is 19.1. The third kappa shape index (κ3) is 12.6. The summed E-state index contributed by atoms with van der Waals surface area (Å²) in [6, 6.07) is 18.3. The number of benzene rings is 3. The summed E-state index contributed by atoms with van der Waals surface area (Å²) in [5.41, 5.74) is 3.88. The quantitative estimate of drug-likeness (QED) is 0.103. The number of ether oxygens (including phenoxy) is 1. The molecule has 0 bridgehead atoms. The lowest BCUT2D eigenvalue weighted by Crippen LogP contribution is -2.28. The number of unbranched alkanes of at least 4 members (excludes halogenated alkanes) is 4. The number of rotatable bonds is 19. The van der Waals surface area contributed by atoms with Crippen molar-refractivity contribution >= 4 is 11.7 Å². The summed E-state index contributed by atoms with van der Waals surface area (Å²) in [7, 11) is 0. The lowest BCUT2D eigenvalue weighted by Gasteiger charge is -2.14. The Kier molecular flexibility index (Phi) is 14.8. The van der Waals surface area contributed by atoms with Gasteiger partial charge < -0.3 is 36.0 Å². The SMILES string of the molecule is O=C(NCc1cccc(CCCCOCCCCCCNC[C@H](O)c2ccc(O)c(CO)c2)c1)Nc1ccc(F)cc1. The molecular formula is C33H44FN3O5. The van der Waals surface area contributed by atoms with Crippen molar-refractivity contribution in [1.82, 2.24) is 10.6 Å². The first-order valence-electron chi connectivity index (χ1n) is 14.7. The van der Waals surface area contributed by atoms with Crippen molar-refractivity contribution in [2.75, 3.05) is 31.6 Å². The molecule has 0 saturated carbocycles. The smallest absolute Gasteiger partial charge is 0.319 e. The van der Waals surface area contributed by atoms with E-state index in [4.69, 9.17) is 4.74 Å². The predicted octanol–water partition coefficient (Wildman–Crippen LogP) is 5.57. The first kappa shape index (κ1) is 33.0. The molecule has 0 radical (unpaired) electrons. The minimum atomic E-state index is -0.682. The number of halogens is 1. The Labute approximate surface area is 247 Å². The summed E-state index contributed by atoms with van der Waals surface area (Å²) < 4.78 is 18.8. The van der Waals surface area contributed by atoms with Crippen LogP contribution in [-0.4, -0.2) is 47.7 Å². The minimum absolute atomic E-state index is 0.0342. The zero-order chi connectivity index (χ0) is 30.0. The highest BCUT2D eigenvalue weighted by molar-refractivity contribution is 5.89. The number of carbonyl (C=O) groups is 1. The van der Waals surface area contributed by atoms with Gasteiger partial charge in [0.15, 0.2) is 0 Å². The molecule has 0 aliphatic carbocycles. The molecule has 0 aromatic heterocycles. The van der Waals surface area contributed by atoms with E-state index in [1.165, 1.54) is 35.9 Å². The number of carbonyl (C=O) groups excluding carboxylic acids is 1. The zero-order valence-corrected chi connectivity index (χ0v) is 24.2. The number of nitrogens with one attached hydrogen (secondary N) is 3. The van der Waals surface area contributed by atoms with Gasteiger partial charge in [-0.2, -0.15) is 0 Å². The van der Waals surface area contributed by atoms with Crippen LogP contribution in [0.4, 0.5) is 14.9 Å². The fourth-order valence-corrected chi connectivity index (χ4v) is 4.52. The molecule has 42 heavy (non-hydrogen) atoms. The van der Waals surface area contributed by atoms with E-state index >= 15 is 0 Å². The largest absolute Gasteiger partial charge is 0.508 e. The van der Waals surface area contributed by atoms with Gasteiger partial charge in [-0.1, -0.05) is 43.2 Å². The van der Waals surface area contributed by atoms with Gasteiger partial charge in [0, 0.05) is 37.6 Å². The van der Waals surface area contributed by atoms with E-state index in [-0.39, 0.29) is 24.2 Å². The molecule has 0 spiro atoms. The molecule has 8 nitrogen and oxygen atoms in total. The Morgan fingerprint density at radius 2 is 1.62 bits per heavy atom. The Hall–Kier alpha value is -3.50. The third-order valence-corrected chi connectivity index (χ3v) is 6.94. The molecule has 9 heteroatoms. The van der Waals surface area contributed by atoms with Crippen LogP contribution in [0.3, 0.4) is 0 Å². The van der Waals surface area contributed by atoms with Gasteiger partial charge in [-0.15, -0.1) is 0 Å². The standard InChI is InChI=1S/C33H44FN3O5/c34-29-12-14-30(15-13-29)37-33(41)36-22-26-10-7-9-25(20-26)8-3-6-19-42-18-5-2-1-4-17-35-23-32(40)27-11-16-31(39)28(21-27)24-38/h7,9-16,20-21,32,35,38-40H,1-6,8,17-19,22-24H2,(H2,36,37,41)/t32-/m0/s1. The van der Waals surface area contributed by atoms with Gasteiger partial charge in [0.25, 0.3) is 0 Å². The van der Waals surface area contributed by atoms with Gasteiger partial charge in [0.1, 0.15) is 11.6 Å². The van der Waals surface area contributed by atoms with E-state index in [1.54, 1.807) is 12.1 Å². The molecule has 3 rings (SSSR count). The van der Waals surface area contributed by atoms with Crippen molar-refractivity contribution in [2.45, 2.75) is 64.2 Å². The topological polar surface area (TPSA) is 123 Å².